The van der Waals surface area contributed by atoms with Crippen molar-refractivity contribution < 1.29 is 4.39 Å². The van der Waals surface area contributed by atoms with Crippen molar-refractivity contribution in [2.45, 2.75) is 6.92 Å². The quantitative estimate of drug-likeness (QED) is 0.497. The number of nitrogen functional groups attached to an aromatic ring is 1. The highest BCUT2D eigenvalue weighted by Crippen LogP contribution is 2.26. The van der Waals surface area contributed by atoms with Gasteiger partial charge in [0.1, 0.15) is 17.3 Å². The third kappa shape index (κ3) is 2.64. The largest absolute Gasteiger partial charge is 0.382 e. The minimum absolute atomic E-state index is 0.252. The molecule has 138 valence electrons. The summed E-state index contributed by atoms with van der Waals surface area (Å²) in [6, 6.07) is 14.2. The number of hydrogen-bond acceptors (Lipinski definition) is 3. The van der Waals surface area contributed by atoms with Crippen LogP contribution in [0.4, 0.5) is 10.2 Å². The Kier molecular flexibility index (Phi) is 3.55. The van der Waals surface area contributed by atoms with Crippen LogP contribution >= 0.6 is 0 Å². The minimum atomic E-state index is -0.252. The lowest BCUT2D eigenvalue weighted by molar-refractivity contribution is 0.628. The lowest BCUT2D eigenvalue weighted by atomic mass is 10.1. The second kappa shape index (κ2) is 6.09. The molecule has 7 heteroatoms. The van der Waals surface area contributed by atoms with Crippen LogP contribution in [0.1, 0.15) is 5.82 Å². The Morgan fingerprint density at radius 3 is 2.68 bits per heavy atom. The van der Waals surface area contributed by atoms with Crippen molar-refractivity contribution in [2.75, 3.05) is 5.73 Å². The van der Waals surface area contributed by atoms with Gasteiger partial charge in [0.25, 0.3) is 0 Å². The van der Waals surface area contributed by atoms with Crippen molar-refractivity contribution in [1.29, 1.82) is 0 Å². The molecule has 0 aliphatic rings. The highest BCUT2D eigenvalue weighted by molar-refractivity contribution is 5.78. The Labute approximate surface area is 160 Å². The van der Waals surface area contributed by atoms with Gasteiger partial charge in [-0.2, -0.15) is 5.10 Å². The Morgan fingerprint density at radius 1 is 1.04 bits per heavy atom. The third-order valence-electron chi connectivity index (χ3n) is 4.76. The number of hydrogen-bond donors (Lipinski definition) is 2. The van der Waals surface area contributed by atoms with Crippen molar-refractivity contribution in [3.8, 4) is 22.5 Å². The van der Waals surface area contributed by atoms with E-state index in [2.05, 4.69) is 15.1 Å². The zero-order valence-corrected chi connectivity index (χ0v) is 15.1. The van der Waals surface area contributed by atoms with Gasteiger partial charge >= 0.3 is 0 Å². The SMILES string of the molecule is Cc1nc2ccc(-n3ncc(-n4ccc(-c5ccc(F)cc5)c4)c3N)cc2[nH]1. The highest BCUT2D eigenvalue weighted by atomic mass is 19.1. The summed E-state index contributed by atoms with van der Waals surface area (Å²) in [7, 11) is 0. The number of aryl methyl sites for hydroxylation is 1. The fourth-order valence-corrected chi connectivity index (χ4v) is 3.37. The lowest BCUT2D eigenvalue weighted by Crippen LogP contribution is -2.03. The highest BCUT2D eigenvalue weighted by Gasteiger charge is 2.13. The number of halogens is 1. The lowest BCUT2D eigenvalue weighted by Gasteiger charge is -2.06. The molecule has 2 aromatic carbocycles. The van der Waals surface area contributed by atoms with Crippen LogP contribution in [0.5, 0.6) is 0 Å². The van der Waals surface area contributed by atoms with Gasteiger partial charge in [0, 0.05) is 12.4 Å². The summed E-state index contributed by atoms with van der Waals surface area (Å²) < 4.78 is 16.8. The second-order valence-corrected chi connectivity index (χ2v) is 6.66. The summed E-state index contributed by atoms with van der Waals surface area (Å²) in [5, 5.41) is 4.46. The van der Waals surface area contributed by atoms with Crippen molar-refractivity contribution in [3.05, 3.63) is 78.8 Å². The zero-order chi connectivity index (χ0) is 19.3. The molecule has 0 fully saturated rings. The van der Waals surface area contributed by atoms with Crippen molar-refractivity contribution in [1.82, 2.24) is 24.3 Å². The van der Waals surface area contributed by atoms with Crippen LogP contribution in [0.2, 0.25) is 0 Å². The van der Waals surface area contributed by atoms with E-state index < -0.39 is 0 Å². The molecular formula is C21H17FN6. The second-order valence-electron chi connectivity index (χ2n) is 6.66. The number of fused-ring (bicyclic) bond motifs is 1. The first-order valence-electron chi connectivity index (χ1n) is 8.83. The predicted octanol–water partition coefficient (Wildman–Crippen LogP) is 4.24. The molecule has 0 aliphatic heterocycles. The van der Waals surface area contributed by atoms with E-state index in [0.29, 0.717) is 5.82 Å². The van der Waals surface area contributed by atoms with Gasteiger partial charge in [-0.1, -0.05) is 12.1 Å². The Morgan fingerprint density at radius 2 is 1.86 bits per heavy atom. The summed E-state index contributed by atoms with van der Waals surface area (Å²) >= 11 is 0. The number of imidazole rings is 1. The molecule has 0 radical (unpaired) electrons. The number of nitrogens with two attached hydrogens (primary N) is 1. The average Bonchev–Trinajstić information content (AvgIpc) is 3.39. The smallest absolute Gasteiger partial charge is 0.151 e. The number of nitrogens with one attached hydrogen (secondary N) is 1. The van der Waals surface area contributed by atoms with E-state index in [1.165, 1.54) is 12.1 Å². The number of rotatable bonds is 3. The molecule has 0 saturated carbocycles. The molecule has 0 bridgehead atoms. The van der Waals surface area contributed by atoms with Gasteiger partial charge in [-0.3, -0.25) is 0 Å². The van der Waals surface area contributed by atoms with Gasteiger partial charge in [0.05, 0.1) is 22.9 Å². The fourth-order valence-electron chi connectivity index (χ4n) is 3.37. The molecule has 5 aromatic rings. The Hall–Kier alpha value is -3.87. The Balaban J connectivity index is 1.52. The van der Waals surface area contributed by atoms with E-state index >= 15 is 0 Å². The molecule has 0 atom stereocenters. The number of nitrogens with zero attached hydrogens (tertiary/aromatic N) is 4. The number of aromatic nitrogens is 5. The van der Waals surface area contributed by atoms with E-state index in [4.69, 9.17) is 5.73 Å². The monoisotopic (exact) mass is 372 g/mol. The maximum atomic E-state index is 13.1. The molecule has 0 aliphatic carbocycles. The van der Waals surface area contributed by atoms with Gasteiger partial charge < -0.3 is 15.3 Å². The van der Waals surface area contributed by atoms with E-state index in [0.717, 1.165) is 39.4 Å². The standard InChI is InChI=1S/C21H17FN6/c1-13-25-18-7-6-17(10-19(18)26-13)28-21(23)20(11-24-28)27-9-8-15(12-27)14-2-4-16(22)5-3-14/h2-12H,23H2,1H3,(H,25,26). The first kappa shape index (κ1) is 16.3. The van der Waals surface area contributed by atoms with E-state index in [1.54, 1.807) is 23.0 Å². The molecule has 3 heterocycles. The fraction of sp³-hybridized carbons (Fsp3) is 0.0476. The molecule has 0 saturated heterocycles. The van der Waals surface area contributed by atoms with Crippen LogP contribution in [0.3, 0.4) is 0 Å². The van der Waals surface area contributed by atoms with Gasteiger partial charge in [-0.25, -0.2) is 14.1 Å². The number of H-pyrrole nitrogens is 1. The van der Waals surface area contributed by atoms with Gasteiger partial charge in [-0.15, -0.1) is 0 Å². The van der Waals surface area contributed by atoms with Crippen LogP contribution < -0.4 is 5.73 Å². The summed E-state index contributed by atoms with van der Waals surface area (Å²) in [5.74, 6) is 1.14. The number of anilines is 1. The van der Waals surface area contributed by atoms with Gasteiger partial charge in [-0.05, 0) is 54.4 Å². The number of benzene rings is 2. The van der Waals surface area contributed by atoms with Gasteiger partial charge in [0.15, 0.2) is 5.82 Å². The summed E-state index contributed by atoms with van der Waals surface area (Å²) in [6.07, 6.45) is 5.59. The Bertz CT molecular complexity index is 1290. The molecule has 6 nitrogen and oxygen atoms in total. The summed E-state index contributed by atoms with van der Waals surface area (Å²) in [4.78, 5) is 7.64. The maximum Gasteiger partial charge on any atom is 0.151 e. The normalized spacial score (nSPS) is 11.4. The molecule has 3 N–H and O–H groups in total. The third-order valence-corrected chi connectivity index (χ3v) is 4.76. The maximum absolute atomic E-state index is 13.1. The van der Waals surface area contributed by atoms with Gasteiger partial charge in [0.2, 0.25) is 0 Å². The zero-order valence-electron chi connectivity index (χ0n) is 15.1. The molecule has 0 spiro atoms. The number of aromatic amines is 1. The first-order valence-corrected chi connectivity index (χ1v) is 8.83. The predicted molar refractivity (Wildman–Crippen MR) is 107 cm³/mol. The minimum Gasteiger partial charge on any atom is -0.382 e. The molecule has 0 unspecified atom stereocenters. The van der Waals surface area contributed by atoms with Crippen molar-refractivity contribution in [2.24, 2.45) is 0 Å². The van der Waals surface area contributed by atoms with Crippen LogP contribution in [-0.2, 0) is 0 Å². The van der Waals surface area contributed by atoms with Crippen LogP contribution in [-0.4, -0.2) is 24.3 Å². The van der Waals surface area contributed by atoms with E-state index in [1.807, 2.05) is 48.1 Å². The summed E-state index contributed by atoms with van der Waals surface area (Å²) in [5.41, 5.74) is 11.8. The van der Waals surface area contributed by atoms with E-state index in [-0.39, 0.29) is 5.82 Å². The summed E-state index contributed by atoms with van der Waals surface area (Å²) in [6.45, 7) is 1.92. The molecule has 3 aromatic heterocycles. The molecule has 28 heavy (non-hydrogen) atoms. The molecular weight excluding hydrogens is 355 g/mol. The average molecular weight is 372 g/mol. The first-order chi connectivity index (χ1) is 13.6. The van der Waals surface area contributed by atoms with Crippen LogP contribution in [0.25, 0.3) is 33.5 Å². The van der Waals surface area contributed by atoms with Crippen LogP contribution in [0.15, 0.2) is 67.1 Å². The molecule has 5 rings (SSSR count). The van der Waals surface area contributed by atoms with Crippen LogP contribution in [0, 0.1) is 12.7 Å². The van der Waals surface area contributed by atoms with Crippen molar-refractivity contribution in [3.63, 3.8) is 0 Å². The van der Waals surface area contributed by atoms with Crippen molar-refractivity contribution >= 4 is 16.9 Å². The molecule has 0 amide bonds. The van der Waals surface area contributed by atoms with E-state index in [9.17, 15) is 4.39 Å². The topological polar surface area (TPSA) is 77.4 Å².